The molecule has 142 valence electrons. The summed E-state index contributed by atoms with van der Waals surface area (Å²) >= 11 is 0. The molecule has 0 amide bonds. The Morgan fingerprint density at radius 3 is 2.67 bits per heavy atom. The number of aromatic nitrogens is 5. The Bertz CT molecular complexity index is 759. The number of morpholine rings is 1. The van der Waals surface area contributed by atoms with E-state index in [1.165, 1.54) is 12.8 Å². The highest BCUT2D eigenvalue weighted by Gasteiger charge is 2.27. The van der Waals surface area contributed by atoms with Crippen LogP contribution in [0.15, 0.2) is 18.6 Å². The molecular weight excluding hydrogens is 344 g/mol. The number of hydrogen-bond acceptors (Lipinski definition) is 8. The van der Waals surface area contributed by atoms with Gasteiger partial charge < -0.3 is 19.9 Å². The maximum atomic E-state index is 9.56. The minimum absolute atomic E-state index is 0.267. The summed E-state index contributed by atoms with van der Waals surface area (Å²) in [5.74, 6) is 1.42. The van der Waals surface area contributed by atoms with Gasteiger partial charge in [-0.1, -0.05) is 12.8 Å². The first-order valence-corrected chi connectivity index (χ1v) is 9.41. The van der Waals surface area contributed by atoms with Crippen molar-refractivity contribution in [1.82, 2.24) is 24.9 Å². The van der Waals surface area contributed by atoms with E-state index in [4.69, 9.17) is 9.72 Å². The van der Waals surface area contributed by atoms with Gasteiger partial charge in [-0.25, -0.2) is 0 Å². The van der Waals surface area contributed by atoms with Crippen LogP contribution < -0.4 is 9.80 Å². The normalized spacial score (nSPS) is 17.9. The van der Waals surface area contributed by atoms with E-state index in [9.17, 15) is 5.41 Å². The highest BCUT2D eigenvalue weighted by Crippen LogP contribution is 2.28. The molecule has 0 spiro atoms. The van der Waals surface area contributed by atoms with Crippen LogP contribution in [0.5, 0.6) is 0 Å². The number of nitrogens with zero attached hydrogens (tertiary/aromatic N) is 8. The molecule has 9 heteroatoms. The summed E-state index contributed by atoms with van der Waals surface area (Å²) in [4.78, 5) is 26.4. The molecule has 2 aromatic heterocycles. The molecule has 9 nitrogen and oxygen atoms in total. The van der Waals surface area contributed by atoms with Gasteiger partial charge in [-0.3, -0.25) is 9.97 Å². The van der Waals surface area contributed by atoms with Crippen LogP contribution in [-0.4, -0.2) is 63.5 Å². The number of hydrogen-bond donors (Lipinski definition) is 0. The van der Waals surface area contributed by atoms with Gasteiger partial charge in [0.2, 0.25) is 11.9 Å². The predicted octanol–water partition coefficient (Wildman–Crippen LogP) is 1.44. The van der Waals surface area contributed by atoms with E-state index in [0.717, 1.165) is 37.8 Å². The van der Waals surface area contributed by atoms with E-state index in [2.05, 4.69) is 29.7 Å². The molecule has 2 fully saturated rings. The Hall–Kier alpha value is -2.68. The van der Waals surface area contributed by atoms with Gasteiger partial charge in [-0.15, -0.1) is 0 Å². The molecule has 0 radical (unpaired) electrons. The van der Waals surface area contributed by atoms with E-state index >= 15 is 0 Å². The van der Waals surface area contributed by atoms with Crippen LogP contribution in [0.3, 0.4) is 0 Å². The molecule has 1 saturated heterocycles. The van der Waals surface area contributed by atoms with Crippen LogP contribution in [-0.2, 0) is 11.3 Å². The van der Waals surface area contributed by atoms with Gasteiger partial charge in [0, 0.05) is 31.5 Å². The zero-order valence-corrected chi connectivity index (χ0v) is 15.2. The van der Waals surface area contributed by atoms with Gasteiger partial charge in [0.1, 0.15) is 5.82 Å². The lowest BCUT2D eigenvalue weighted by Gasteiger charge is -2.31. The number of ether oxygens (including phenoxy) is 1. The van der Waals surface area contributed by atoms with Crippen molar-refractivity contribution in [1.29, 1.82) is 0 Å². The molecule has 0 aromatic carbocycles. The van der Waals surface area contributed by atoms with Crippen LogP contribution in [0.4, 0.5) is 11.9 Å². The highest BCUT2D eigenvalue weighted by molar-refractivity contribution is 5.78. The Morgan fingerprint density at radius 2 is 1.96 bits per heavy atom. The maximum absolute atomic E-state index is 9.56. The summed E-state index contributed by atoms with van der Waals surface area (Å²) in [6.45, 7) is 3.32. The van der Waals surface area contributed by atoms with Crippen molar-refractivity contribution in [2.24, 2.45) is 0 Å². The topological polar surface area (TPSA) is 102 Å². The first-order valence-electron chi connectivity index (χ1n) is 9.41. The van der Waals surface area contributed by atoms with Crippen molar-refractivity contribution < 1.29 is 4.74 Å². The zero-order chi connectivity index (χ0) is 18.5. The third kappa shape index (κ3) is 4.19. The first-order chi connectivity index (χ1) is 13.3. The summed E-state index contributed by atoms with van der Waals surface area (Å²) in [5, 5.41) is 9.56. The molecule has 1 aliphatic carbocycles. The molecule has 1 aliphatic heterocycles. The minimum atomic E-state index is 0.267. The minimum Gasteiger partial charge on any atom is -0.808 e. The second-order valence-corrected chi connectivity index (χ2v) is 6.79. The zero-order valence-electron chi connectivity index (χ0n) is 15.2. The van der Waals surface area contributed by atoms with Gasteiger partial charge in [0.05, 0.1) is 31.6 Å². The van der Waals surface area contributed by atoms with Gasteiger partial charge in [-0.05, 0) is 12.8 Å². The third-order valence-electron chi connectivity index (χ3n) is 5.01. The molecule has 3 heterocycles. The number of rotatable bonds is 6. The molecular formula is C18H23N8O-. The van der Waals surface area contributed by atoms with Crippen molar-refractivity contribution in [3.05, 3.63) is 35.5 Å². The third-order valence-corrected chi connectivity index (χ3v) is 5.01. The van der Waals surface area contributed by atoms with Gasteiger partial charge in [-0.2, -0.15) is 21.2 Å². The molecule has 1 saturated carbocycles. The lowest BCUT2D eigenvalue weighted by atomic mass is 10.2. The summed E-state index contributed by atoms with van der Waals surface area (Å²) in [6, 6.07) is 0.346. The SMILES string of the molecule is [N-]=Cc1nc(N2CCOCC2)nc(N(Cc2cnccn2)C2CCCC2)n1. The van der Waals surface area contributed by atoms with Crippen molar-refractivity contribution in [3.8, 4) is 0 Å². The van der Waals surface area contributed by atoms with Crippen LogP contribution in [0.1, 0.15) is 37.2 Å². The van der Waals surface area contributed by atoms with Crippen molar-refractivity contribution in [3.63, 3.8) is 0 Å². The van der Waals surface area contributed by atoms with Crippen LogP contribution in [0.2, 0.25) is 0 Å². The van der Waals surface area contributed by atoms with Crippen molar-refractivity contribution in [2.75, 3.05) is 36.1 Å². The fourth-order valence-corrected chi connectivity index (χ4v) is 3.63. The van der Waals surface area contributed by atoms with E-state index in [1.807, 2.05) is 0 Å². The summed E-state index contributed by atoms with van der Waals surface area (Å²) in [6.07, 6.45) is 10.6. The molecule has 2 aromatic rings. The second-order valence-electron chi connectivity index (χ2n) is 6.79. The monoisotopic (exact) mass is 367 g/mol. The molecule has 0 bridgehead atoms. The fraction of sp³-hybridized carbons (Fsp3) is 0.556. The fourth-order valence-electron chi connectivity index (χ4n) is 3.63. The molecule has 0 unspecified atom stereocenters. The molecule has 0 N–H and O–H groups in total. The summed E-state index contributed by atoms with van der Waals surface area (Å²) in [5.41, 5.74) is 0.868. The first kappa shape index (κ1) is 17.7. The van der Waals surface area contributed by atoms with Crippen LogP contribution in [0.25, 0.3) is 5.41 Å². The molecule has 27 heavy (non-hydrogen) atoms. The average molecular weight is 367 g/mol. The Labute approximate surface area is 158 Å². The standard InChI is InChI=1S/C18H23N8O/c19-11-16-22-17(25-7-9-27-10-8-25)24-18(23-16)26(15-3-1-2-4-15)13-14-12-20-5-6-21-14/h5-6,11-12,15H,1-4,7-10,13H2/q-1. The van der Waals surface area contributed by atoms with Gasteiger partial charge >= 0.3 is 0 Å². The van der Waals surface area contributed by atoms with Crippen LogP contribution in [0, 0.1) is 0 Å². The van der Waals surface area contributed by atoms with Gasteiger partial charge in [0.15, 0.2) is 0 Å². The quantitative estimate of drug-likeness (QED) is 0.707. The van der Waals surface area contributed by atoms with E-state index < -0.39 is 0 Å². The molecule has 4 rings (SSSR count). The summed E-state index contributed by atoms with van der Waals surface area (Å²) < 4.78 is 5.42. The molecule has 2 aliphatic rings. The van der Waals surface area contributed by atoms with Crippen molar-refractivity contribution >= 4 is 18.1 Å². The van der Waals surface area contributed by atoms with Gasteiger partial charge in [0.25, 0.3) is 0 Å². The lowest BCUT2D eigenvalue weighted by Crippen LogP contribution is -2.39. The largest absolute Gasteiger partial charge is 0.808 e. The average Bonchev–Trinajstić information content (AvgIpc) is 3.27. The van der Waals surface area contributed by atoms with E-state index in [1.54, 1.807) is 18.6 Å². The molecule has 0 atom stereocenters. The second kappa shape index (κ2) is 8.34. The maximum Gasteiger partial charge on any atom is 0.231 e. The Balaban J connectivity index is 1.68. The van der Waals surface area contributed by atoms with Crippen molar-refractivity contribution in [2.45, 2.75) is 38.3 Å². The van der Waals surface area contributed by atoms with Crippen LogP contribution >= 0.6 is 0 Å². The highest BCUT2D eigenvalue weighted by atomic mass is 16.5. The summed E-state index contributed by atoms with van der Waals surface area (Å²) in [7, 11) is 0. The Kier molecular flexibility index (Phi) is 5.47. The van der Waals surface area contributed by atoms with E-state index in [-0.39, 0.29) is 5.82 Å². The lowest BCUT2D eigenvalue weighted by molar-refractivity contribution is 0.122. The number of anilines is 2. The predicted molar refractivity (Wildman–Crippen MR) is 102 cm³/mol. The smallest absolute Gasteiger partial charge is 0.231 e. The Morgan fingerprint density at radius 1 is 1.15 bits per heavy atom. The van der Waals surface area contributed by atoms with E-state index in [0.29, 0.717) is 37.7 Å².